The molecule has 3 aromatic heterocycles. The van der Waals surface area contributed by atoms with Crippen LogP contribution in [-0.2, 0) is 4.74 Å². The number of fused-ring (bicyclic) bond motifs is 4. The second-order valence-corrected chi connectivity index (χ2v) is 9.28. The van der Waals surface area contributed by atoms with Gasteiger partial charge in [-0.25, -0.2) is 4.98 Å². The van der Waals surface area contributed by atoms with Crippen molar-refractivity contribution in [3.8, 4) is 17.0 Å². The molecule has 178 valence electrons. The SMILES string of the molecule is COc1c(Cl)cccc1Nc1c(-c2ccnc3ccc([C@H](C)OC)nc23)[nH]c2c1C(=O)N[C@@H]1C[C@H]21. The topological polar surface area (TPSA) is 101 Å². The molecule has 1 aliphatic heterocycles. The summed E-state index contributed by atoms with van der Waals surface area (Å²) in [6.45, 7) is 1.95. The molecular formula is C26H24ClN5O3. The maximum absolute atomic E-state index is 13.2. The fourth-order valence-electron chi connectivity index (χ4n) is 4.81. The highest BCUT2D eigenvalue weighted by Gasteiger charge is 2.48. The van der Waals surface area contributed by atoms with Gasteiger partial charge in [0.05, 0.1) is 57.6 Å². The lowest BCUT2D eigenvalue weighted by molar-refractivity contribution is 0.0944. The van der Waals surface area contributed by atoms with E-state index < -0.39 is 0 Å². The molecule has 0 bridgehead atoms. The molecule has 3 N–H and O–H groups in total. The van der Waals surface area contributed by atoms with Gasteiger partial charge in [0, 0.05) is 36.5 Å². The van der Waals surface area contributed by atoms with Gasteiger partial charge in [-0.2, -0.15) is 0 Å². The molecule has 1 saturated carbocycles. The zero-order chi connectivity index (χ0) is 24.3. The second kappa shape index (κ2) is 8.25. The number of pyridine rings is 2. The minimum Gasteiger partial charge on any atom is -0.493 e. The van der Waals surface area contributed by atoms with Gasteiger partial charge in [-0.05, 0) is 43.7 Å². The summed E-state index contributed by atoms with van der Waals surface area (Å²) in [4.78, 5) is 26.1. The number of amides is 1. The zero-order valence-electron chi connectivity index (χ0n) is 19.5. The molecule has 4 aromatic rings. The molecule has 2 aliphatic rings. The van der Waals surface area contributed by atoms with Crippen LogP contribution in [0.3, 0.4) is 0 Å². The molecule has 9 heteroatoms. The number of rotatable bonds is 6. The molecule has 0 radical (unpaired) electrons. The van der Waals surface area contributed by atoms with E-state index in [2.05, 4.69) is 20.6 Å². The smallest absolute Gasteiger partial charge is 0.255 e. The van der Waals surface area contributed by atoms with Gasteiger partial charge >= 0.3 is 0 Å². The number of hydrogen-bond donors (Lipinski definition) is 3. The van der Waals surface area contributed by atoms with E-state index in [0.29, 0.717) is 27.7 Å². The van der Waals surface area contributed by atoms with E-state index in [-0.39, 0.29) is 24.0 Å². The molecule has 0 spiro atoms. The molecule has 8 nitrogen and oxygen atoms in total. The summed E-state index contributed by atoms with van der Waals surface area (Å²) in [5.74, 6) is 0.664. The van der Waals surface area contributed by atoms with Crippen LogP contribution in [0.4, 0.5) is 11.4 Å². The monoisotopic (exact) mass is 489 g/mol. The van der Waals surface area contributed by atoms with Crippen molar-refractivity contribution in [2.24, 2.45) is 0 Å². The van der Waals surface area contributed by atoms with Gasteiger partial charge < -0.3 is 25.1 Å². The fourth-order valence-corrected chi connectivity index (χ4v) is 5.06. The number of methoxy groups -OCH3 is 2. The van der Waals surface area contributed by atoms with Gasteiger partial charge in [-0.3, -0.25) is 9.78 Å². The van der Waals surface area contributed by atoms with Gasteiger partial charge in [-0.15, -0.1) is 0 Å². The van der Waals surface area contributed by atoms with Crippen molar-refractivity contribution in [2.45, 2.75) is 31.4 Å². The first-order valence-electron chi connectivity index (χ1n) is 11.4. The Balaban J connectivity index is 1.59. The first kappa shape index (κ1) is 21.9. The Morgan fingerprint density at radius 3 is 2.86 bits per heavy atom. The van der Waals surface area contributed by atoms with Crippen LogP contribution in [0.15, 0.2) is 42.6 Å². The number of halogens is 1. The molecule has 1 amide bonds. The second-order valence-electron chi connectivity index (χ2n) is 8.87. The summed E-state index contributed by atoms with van der Waals surface area (Å²) in [7, 11) is 3.23. The van der Waals surface area contributed by atoms with E-state index in [9.17, 15) is 4.79 Å². The standard InChI is InChI=1S/C26H24ClN5O3/c1-12(34-2)16-7-8-17-21(29-16)13(9-10-28-17)23-24(30-18-6-4-5-15(27)25(18)35-3)20-22(32-23)14-11-19(14)31-26(20)33/h4-10,12,14,19,30,32H,11H2,1-3H3,(H,31,33)/t12-,14-,19+/m0/s1. The Hall–Kier alpha value is -3.62. The van der Waals surface area contributed by atoms with Crippen molar-refractivity contribution < 1.29 is 14.3 Å². The number of ether oxygens (including phenoxy) is 2. The van der Waals surface area contributed by atoms with Crippen LogP contribution in [0.1, 0.15) is 47.1 Å². The number of H-pyrrole nitrogens is 1. The van der Waals surface area contributed by atoms with Crippen molar-refractivity contribution in [2.75, 3.05) is 19.5 Å². The first-order chi connectivity index (χ1) is 17.0. The number of aromatic amines is 1. The average molecular weight is 490 g/mol. The molecule has 1 fully saturated rings. The quantitative estimate of drug-likeness (QED) is 0.338. The third-order valence-corrected chi connectivity index (χ3v) is 7.11. The molecule has 6 rings (SSSR count). The van der Waals surface area contributed by atoms with Crippen LogP contribution >= 0.6 is 11.6 Å². The molecular weight excluding hydrogens is 466 g/mol. The van der Waals surface area contributed by atoms with Crippen molar-refractivity contribution in [3.05, 3.63) is 64.6 Å². The van der Waals surface area contributed by atoms with E-state index in [4.69, 9.17) is 26.1 Å². The Kier molecular flexibility index (Phi) is 5.16. The number of nitrogens with one attached hydrogen (secondary N) is 3. The molecule has 0 unspecified atom stereocenters. The largest absolute Gasteiger partial charge is 0.493 e. The summed E-state index contributed by atoms with van der Waals surface area (Å²) >= 11 is 6.39. The third kappa shape index (κ3) is 3.52. The number of para-hydroxylation sites is 1. The lowest BCUT2D eigenvalue weighted by Crippen LogP contribution is -2.31. The summed E-state index contributed by atoms with van der Waals surface area (Å²) < 4.78 is 11.0. The first-order valence-corrected chi connectivity index (χ1v) is 11.8. The third-order valence-electron chi connectivity index (χ3n) is 6.81. The van der Waals surface area contributed by atoms with Crippen molar-refractivity contribution in [1.29, 1.82) is 0 Å². The molecule has 1 aromatic carbocycles. The van der Waals surface area contributed by atoms with E-state index >= 15 is 0 Å². The Bertz CT molecular complexity index is 1480. The van der Waals surface area contributed by atoms with Crippen LogP contribution in [0.5, 0.6) is 5.75 Å². The molecule has 35 heavy (non-hydrogen) atoms. The highest BCUT2D eigenvalue weighted by molar-refractivity contribution is 6.32. The van der Waals surface area contributed by atoms with E-state index in [1.807, 2.05) is 37.3 Å². The lowest BCUT2D eigenvalue weighted by Gasteiger charge is -2.17. The minimum atomic E-state index is -0.171. The van der Waals surface area contributed by atoms with Crippen LogP contribution < -0.4 is 15.4 Å². The number of aromatic nitrogens is 3. The summed E-state index contributed by atoms with van der Waals surface area (Å²) in [5, 5.41) is 7.03. The van der Waals surface area contributed by atoms with Crippen molar-refractivity contribution >= 4 is 39.9 Å². The maximum Gasteiger partial charge on any atom is 0.255 e. The van der Waals surface area contributed by atoms with Gasteiger partial charge in [0.2, 0.25) is 0 Å². The van der Waals surface area contributed by atoms with E-state index in [0.717, 1.165) is 40.1 Å². The van der Waals surface area contributed by atoms with Crippen LogP contribution in [0.25, 0.3) is 22.3 Å². The summed E-state index contributed by atoms with van der Waals surface area (Å²) in [6.07, 6.45) is 2.50. The zero-order valence-corrected chi connectivity index (χ0v) is 20.2. The minimum absolute atomic E-state index is 0.107. The maximum atomic E-state index is 13.2. The normalized spacial score (nSPS) is 19.0. The number of hydrogen-bond acceptors (Lipinski definition) is 6. The lowest BCUT2D eigenvalue weighted by atomic mass is 10.0. The van der Waals surface area contributed by atoms with Crippen LogP contribution in [0, 0.1) is 0 Å². The van der Waals surface area contributed by atoms with E-state index in [1.165, 1.54) is 0 Å². The molecule has 1 aliphatic carbocycles. The van der Waals surface area contributed by atoms with Gasteiger partial charge in [0.15, 0.2) is 5.75 Å². The van der Waals surface area contributed by atoms with Gasteiger partial charge in [-0.1, -0.05) is 17.7 Å². The molecule has 0 saturated heterocycles. The molecule has 4 heterocycles. The number of anilines is 2. The van der Waals surface area contributed by atoms with Crippen molar-refractivity contribution in [1.82, 2.24) is 20.3 Å². The van der Waals surface area contributed by atoms with Gasteiger partial charge in [0.1, 0.15) is 0 Å². The number of carbonyl (C=O) groups excluding carboxylic acids is 1. The highest BCUT2D eigenvalue weighted by Crippen LogP contribution is 2.50. The number of carbonyl (C=O) groups is 1. The average Bonchev–Trinajstić information content (AvgIpc) is 3.55. The van der Waals surface area contributed by atoms with Crippen LogP contribution in [0.2, 0.25) is 5.02 Å². The Morgan fingerprint density at radius 2 is 2.06 bits per heavy atom. The molecule has 3 atom stereocenters. The highest BCUT2D eigenvalue weighted by atomic mass is 35.5. The van der Waals surface area contributed by atoms with E-state index in [1.54, 1.807) is 26.5 Å². The predicted octanol–water partition coefficient (Wildman–Crippen LogP) is 5.34. The number of nitrogens with zero attached hydrogens (tertiary/aromatic N) is 2. The summed E-state index contributed by atoms with van der Waals surface area (Å²) in [5.41, 5.74) is 6.73. The number of benzene rings is 1. The van der Waals surface area contributed by atoms with Gasteiger partial charge in [0.25, 0.3) is 5.91 Å². The Labute approximate surface area is 207 Å². The van der Waals surface area contributed by atoms with Crippen LogP contribution in [-0.4, -0.2) is 41.1 Å². The summed E-state index contributed by atoms with van der Waals surface area (Å²) in [6, 6.07) is 11.4. The predicted molar refractivity (Wildman–Crippen MR) is 135 cm³/mol. The Morgan fingerprint density at radius 1 is 1.20 bits per heavy atom. The fraction of sp³-hybridized carbons (Fsp3) is 0.269. The van der Waals surface area contributed by atoms with Crippen molar-refractivity contribution in [3.63, 3.8) is 0 Å².